The van der Waals surface area contributed by atoms with Gasteiger partial charge in [-0.15, -0.1) is 0 Å². The first-order valence-corrected chi connectivity index (χ1v) is 9.25. The van der Waals surface area contributed by atoms with Gasteiger partial charge in [-0.3, -0.25) is 4.79 Å². The smallest absolute Gasteiger partial charge is 0.336 e. The Morgan fingerprint density at radius 1 is 1.32 bits per heavy atom. The molecule has 136 valence electrons. The summed E-state index contributed by atoms with van der Waals surface area (Å²) in [6.07, 6.45) is 2.05. The Morgan fingerprint density at radius 2 is 2.00 bits per heavy atom. The molecule has 0 aliphatic carbocycles. The maximum absolute atomic E-state index is 12.7. The highest BCUT2D eigenvalue weighted by molar-refractivity contribution is 6.35. The number of ether oxygens (including phenoxy) is 1. The minimum Gasteiger partial charge on any atom is -0.462 e. The minimum absolute atomic E-state index is 0.147. The van der Waals surface area contributed by atoms with Crippen molar-refractivity contribution < 1.29 is 14.3 Å². The van der Waals surface area contributed by atoms with Gasteiger partial charge in [0.15, 0.2) is 0 Å². The van der Waals surface area contributed by atoms with Crippen molar-refractivity contribution in [3.8, 4) is 0 Å². The molecular weight excluding hydrogens is 361 g/mol. The topological polar surface area (TPSA) is 55.4 Å². The molecule has 0 bridgehead atoms. The number of nitrogens with one attached hydrogen (secondary N) is 1. The van der Waals surface area contributed by atoms with Crippen molar-refractivity contribution in [2.45, 2.75) is 46.0 Å². The first-order valence-electron chi connectivity index (χ1n) is 8.50. The quantitative estimate of drug-likeness (QED) is 0.714. The largest absolute Gasteiger partial charge is 0.462 e. The van der Waals surface area contributed by atoms with Crippen molar-refractivity contribution in [2.75, 3.05) is 6.61 Å². The van der Waals surface area contributed by atoms with E-state index in [0.29, 0.717) is 39.4 Å². The normalized spacial score (nSPS) is 17.7. The minimum atomic E-state index is -0.437. The van der Waals surface area contributed by atoms with Crippen LogP contribution < -0.4 is 5.32 Å². The van der Waals surface area contributed by atoms with Gasteiger partial charge in [-0.1, -0.05) is 56.0 Å². The van der Waals surface area contributed by atoms with Crippen LogP contribution in [0.5, 0.6) is 0 Å². The molecule has 2 rings (SSSR count). The standard InChI is InChI=1S/C19H23Cl2NO3/c1-4-12(5-2)10-25-19(24)18-11(3)22-17(23)9-15(18)14-7-6-13(20)8-16(14)21/h6-8,12,15H,4-5,9-10H2,1-3H3,(H,22,23). The van der Waals surface area contributed by atoms with E-state index in [4.69, 9.17) is 27.9 Å². The summed E-state index contributed by atoms with van der Waals surface area (Å²) in [5, 5.41) is 3.67. The third-order valence-electron chi connectivity index (χ3n) is 4.63. The molecule has 0 spiro atoms. The molecule has 1 unspecified atom stereocenters. The highest BCUT2D eigenvalue weighted by Gasteiger charge is 2.34. The number of halogens is 2. The van der Waals surface area contributed by atoms with Crippen molar-refractivity contribution in [3.05, 3.63) is 45.1 Å². The number of benzene rings is 1. The maximum Gasteiger partial charge on any atom is 0.336 e. The number of rotatable bonds is 6. The number of esters is 1. The number of amides is 1. The molecule has 1 aliphatic heterocycles. The van der Waals surface area contributed by atoms with Crippen LogP contribution in [0.4, 0.5) is 0 Å². The molecule has 1 aromatic carbocycles. The lowest BCUT2D eigenvalue weighted by atomic mass is 9.84. The maximum atomic E-state index is 12.7. The predicted molar refractivity (Wildman–Crippen MR) is 99.7 cm³/mol. The number of carbonyl (C=O) groups excluding carboxylic acids is 2. The Morgan fingerprint density at radius 3 is 2.60 bits per heavy atom. The molecule has 1 N–H and O–H groups in total. The van der Waals surface area contributed by atoms with Crippen molar-refractivity contribution in [1.82, 2.24) is 5.32 Å². The van der Waals surface area contributed by atoms with E-state index in [1.54, 1.807) is 25.1 Å². The van der Waals surface area contributed by atoms with Crippen LogP contribution in [-0.4, -0.2) is 18.5 Å². The summed E-state index contributed by atoms with van der Waals surface area (Å²) in [4.78, 5) is 24.7. The van der Waals surface area contributed by atoms with Gasteiger partial charge in [0.25, 0.3) is 0 Å². The predicted octanol–water partition coefficient (Wildman–Crippen LogP) is 4.85. The lowest BCUT2D eigenvalue weighted by molar-refractivity contribution is -0.141. The van der Waals surface area contributed by atoms with Gasteiger partial charge in [0.05, 0.1) is 12.2 Å². The molecular formula is C19H23Cl2NO3. The van der Waals surface area contributed by atoms with Crippen molar-refractivity contribution >= 4 is 35.1 Å². The SMILES string of the molecule is CCC(CC)COC(=O)C1=C(C)NC(=O)CC1c1ccc(Cl)cc1Cl. The third-order valence-corrected chi connectivity index (χ3v) is 5.19. The van der Waals surface area contributed by atoms with Gasteiger partial charge in [-0.25, -0.2) is 4.79 Å². The Balaban J connectivity index is 2.32. The second kappa shape index (κ2) is 8.72. The first-order chi connectivity index (χ1) is 11.9. The third kappa shape index (κ3) is 4.77. The molecule has 0 radical (unpaired) electrons. The zero-order valence-corrected chi connectivity index (χ0v) is 16.2. The molecule has 1 amide bonds. The van der Waals surface area contributed by atoms with Gasteiger partial charge in [0, 0.05) is 28.1 Å². The van der Waals surface area contributed by atoms with Gasteiger partial charge in [-0.05, 0) is 30.5 Å². The molecule has 0 saturated carbocycles. The van der Waals surface area contributed by atoms with Crippen LogP contribution in [0.3, 0.4) is 0 Å². The van der Waals surface area contributed by atoms with E-state index >= 15 is 0 Å². The monoisotopic (exact) mass is 383 g/mol. The molecule has 0 aromatic heterocycles. The van der Waals surface area contributed by atoms with Crippen molar-refractivity contribution in [1.29, 1.82) is 0 Å². The molecule has 0 fully saturated rings. The Hall–Kier alpha value is -1.52. The summed E-state index contributed by atoms with van der Waals surface area (Å²) in [7, 11) is 0. The molecule has 1 aromatic rings. The summed E-state index contributed by atoms with van der Waals surface area (Å²) < 4.78 is 5.53. The number of carbonyl (C=O) groups is 2. The lowest BCUT2D eigenvalue weighted by Crippen LogP contribution is -2.34. The fraction of sp³-hybridized carbons (Fsp3) is 0.474. The average molecular weight is 384 g/mol. The van der Waals surface area contributed by atoms with Gasteiger partial charge < -0.3 is 10.1 Å². The summed E-state index contributed by atoms with van der Waals surface area (Å²) in [5.41, 5.74) is 1.67. The number of hydrogen-bond donors (Lipinski definition) is 1. The van der Waals surface area contributed by atoms with E-state index in [9.17, 15) is 9.59 Å². The van der Waals surface area contributed by atoms with E-state index in [1.165, 1.54) is 0 Å². The van der Waals surface area contributed by atoms with E-state index in [0.717, 1.165) is 12.8 Å². The van der Waals surface area contributed by atoms with E-state index < -0.39 is 11.9 Å². The molecule has 1 atom stereocenters. The van der Waals surface area contributed by atoms with Crippen LogP contribution in [-0.2, 0) is 14.3 Å². The van der Waals surface area contributed by atoms with Crippen LogP contribution in [0.15, 0.2) is 29.5 Å². The average Bonchev–Trinajstić information content (AvgIpc) is 2.54. The summed E-state index contributed by atoms with van der Waals surface area (Å²) in [6.45, 7) is 6.23. The van der Waals surface area contributed by atoms with Gasteiger partial charge in [0.1, 0.15) is 0 Å². The number of allylic oxidation sites excluding steroid dienone is 1. The fourth-order valence-electron chi connectivity index (χ4n) is 3.02. The van der Waals surface area contributed by atoms with Crippen LogP contribution in [0.25, 0.3) is 0 Å². The van der Waals surface area contributed by atoms with E-state index in [2.05, 4.69) is 19.2 Å². The van der Waals surface area contributed by atoms with Crippen LogP contribution in [0.2, 0.25) is 10.0 Å². The second-order valence-electron chi connectivity index (χ2n) is 6.29. The van der Waals surface area contributed by atoms with E-state index in [-0.39, 0.29) is 12.3 Å². The fourth-order valence-corrected chi connectivity index (χ4v) is 3.56. The Bertz CT molecular complexity index is 696. The Kier molecular flexibility index (Phi) is 6.91. The second-order valence-corrected chi connectivity index (χ2v) is 7.13. The van der Waals surface area contributed by atoms with Gasteiger partial charge in [-0.2, -0.15) is 0 Å². The zero-order chi connectivity index (χ0) is 18.6. The Labute approximate surface area is 158 Å². The first kappa shape index (κ1) is 19.8. The summed E-state index contributed by atoms with van der Waals surface area (Å²) >= 11 is 12.3. The van der Waals surface area contributed by atoms with Gasteiger partial charge >= 0.3 is 5.97 Å². The molecule has 6 heteroatoms. The lowest BCUT2D eigenvalue weighted by Gasteiger charge is -2.27. The van der Waals surface area contributed by atoms with Crippen LogP contribution >= 0.6 is 23.2 Å². The summed E-state index contributed by atoms with van der Waals surface area (Å²) in [6, 6.07) is 5.08. The molecule has 0 saturated heterocycles. The summed E-state index contributed by atoms with van der Waals surface area (Å²) in [5.74, 6) is -0.654. The molecule has 4 nitrogen and oxygen atoms in total. The van der Waals surface area contributed by atoms with Crippen molar-refractivity contribution in [2.24, 2.45) is 5.92 Å². The zero-order valence-electron chi connectivity index (χ0n) is 14.7. The van der Waals surface area contributed by atoms with E-state index in [1.807, 2.05) is 0 Å². The highest BCUT2D eigenvalue weighted by Crippen LogP contribution is 2.38. The van der Waals surface area contributed by atoms with Gasteiger partial charge in [0.2, 0.25) is 5.91 Å². The molecule has 1 heterocycles. The molecule has 1 aliphatic rings. The highest BCUT2D eigenvalue weighted by atomic mass is 35.5. The van der Waals surface area contributed by atoms with Crippen LogP contribution in [0, 0.1) is 5.92 Å². The molecule has 25 heavy (non-hydrogen) atoms. The number of hydrogen-bond acceptors (Lipinski definition) is 3. The van der Waals surface area contributed by atoms with Crippen molar-refractivity contribution in [3.63, 3.8) is 0 Å². The van der Waals surface area contributed by atoms with Crippen LogP contribution in [0.1, 0.15) is 51.5 Å².